The van der Waals surface area contributed by atoms with Crippen molar-refractivity contribution in [3.63, 3.8) is 0 Å². The molecule has 8 heteroatoms. The molecule has 2 aromatic carbocycles. The Kier molecular flexibility index (Phi) is 6.65. The number of nitrogens with one attached hydrogen (secondary N) is 2. The smallest absolute Gasteiger partial charge is 0.272 e. The molecule has 0 unspecified atom stereocenters. The summed E-state index contributed by atoms with van der Waals surface area (Å²) in [5.74, 6) is 0.602. The van der Waals surface area contributed by atoms with E-state index in [2.05, 4.69) is 58.1 Å². The molecule has 1 aliphatic heterocycles. The highest BCUT2D eigenvalue weighted by Crippen LogP contribution is 2.26. The molecule has 1 fully saturated rings. The van der Waals surface area contributed by atoms with Crippen LogP contribution < -0.4 is 10.2 Å². The van der Waals surface area contributed by atoms with E-state index in [-0.39, 0.29) is 17.2 Å². The van der Waals surface area contributed by atoms with Gasteiger partial charge in [-0.05, 0) is 46.9 Å². The van der Waals surface area contributed by atoms with Crippen molar-refractivity contribution in [3.05, 3.63) is 83.8 Å². The van der Waals surface area contributed by atoms with Gasteiger partial charge in [-0.3, -0.25) is 9.59 Å². The van der Waals surface area contributed by atoms with Crippen LogP contribution in [0.4, 0.5) is 11.6 Å². The number of benzene rings is 2. The summed E-state index contributed by atoms with van der Waals surface area (Å²) in [6, 6.07) is 17.4. The van der Waals surface area contributed by atoms with Gasteiger partial charge in [-0.2, -0.15) is 0 Å². The molecule has 4 aromatic rings. The fourth-order valence-corrected chi connectivity index (χ4v) is 4.52. The van der Waals surface area contributed by atoms with Gasteiger partial charge in [-0.15, -0.1) is 0 Å². The van der Waals surface area contributed by atoms with Gasteiger partial charge in [-0.1, -0.05) is 45.0 Å². The first-order valence-corrected chi connectivity index (χ1v) is 12.6. The first-order valence-electron chi connectivity index (χ1n) is 12.6. The summed E-state index contributed by atoms with van der Waals surface area (Å²) in [4.78, 5) is 41.5. The molecular weight excluding hydrogens is 464 g/mol. The van der Waals surface area contributed by atoms with Crippen LogP contribution in [0.3, 0.4) is 0 Å². The number of piperazine rings is 1. The summed E-state index contributed by atoms with van der Waals surface area (Å²) in [5, 5.41) is 3.95. The van der Waals surface area contributed by atoms with Gasteiger partial charge in [0.2, 0.25) is 11.9 Å². The van der Waals surface area contributed by atoms with Crippen molar-refractivity contribution >= 4 is 34.4 Å². The summed E-state index contributed by atoms with van der Waals surface area (Å²) in [5.41, 5.74) is 4.31. The number of hydrogen-bond donors (Lipinski definition) is 2. The van der Waals surface area contributed by atoms with Crippen LogP contribution in [0.2, 0.25) is 0 Å². The SMILES string of the molecule is CC(C)(C)c1ccc2cc(C(=O)Nc3ccc(CC(=O)N4CCN(c5ncccn5)CC4)cc3)[nH]c2c1. The number of aromatic amines is 1. The van der Waals surface area contributed by atoms with Crippen molar-refractivity contribution in [2.24, 2.45) is 0 Å². The Labute approximate surface area is 216 Å². The number of carbonyl (C=O) groups excluding carboxylic acids is 2. The second kappa shape index (κ2) is 10.0. The van der Waals surface area contributed by atoms with E-state index >= 15 is 0 Å². The Morgan fingerprint density at radius 1 is 0.946 bits per heavy atom. The summed E-state index contributed by atoms with van der Waals surface area (Å²) in [7, 11) is 0. The number of anilines is 2. The van der Waals surface area contributed by atoms with Crippen molar-refractivity contribution < 1.29 is 9.59 Å². The zero-order valence-corrected chi connectivity index (χ0v) is 21.5. The largest absolute Gasteiger partial charge is 0.351 e. The predicted octanol–water partition coefficient (Wildman–Crippen LogP) is 4.40. The molecule has 5 rings (SSSR count). The number of hydrogen-bond acceptors (Lipinski definition) is 5. The minimum atomic E-state index is -0.197. The molecule has 0 atom stereocenters. The van der Waals surface area contributed by atoms with E-state index < -0.39 is 0 Å². The summed E-state index contributed by atoms with van der Waals surface area (Å²) in [6.07, 6.45) is 3.79. The Hall–Kier alpha value is -4.20. The van der Waals surface area contributed by atoms with Crippen LogP contribution in [0, 0.1) is 0 Å². The van der Waals surface area contributed by atoms with Crippen LogP contribution in [0.5, 0.6) is 0 Å². The first-order chi connectivity index (χ1) is 17.8. The number of fused-ring (bicyclic) bond motifs is 1. The van der Waals surface area contributed by atoms with Crippen molar-refractivity contribution in [1.29, 1.82) is 0 Å². The number of aromatic nitrogens is 3. The highest BCUT2D eigenvalue weighted by atomic mass is 16.2. The monoisotopic (exact) mass is 496 g/mol. The van der Waals surface area contributed by atoms with E-state index in [9.17, 15) is 9.59 Å². The summed E-state index contributed by atoms with van der Waals surface area (Å²) >= 11 is 0. The average Bonchev–Trinajstić information content (AvgIpc) is 3.34. The van der Waals surface area contributed by atoms with E-state index in [1.807, 2.05) is 41.3 Å². The topological polar surface area (TPSA) is 94.2 Å². The number of H-pyrrole nitrogens is 1. The minimum absolute atomic E-state index is 0.0380. The average molecular weight is 497 g/mol. The Morgan fingerprint density at radius 3 is 2.32 bits per heavy atom. The van der Waals surface area contributed by atoms with Crippen LogP contribution >= 0.6 is 0 Å². The maximum atomic E-state index is 12.8. The van der Waals surface area contributed by atoms with Crippen molar-refractivity contribution in [3.8, 4) is 0 Å². The lowest BCUT2D eigenvalue weighted by Gasteiger charge is -2.34. The van der Waals surface area contributed by atoms with Crippen LogP contribution in [-0.2, 0) is 16.6 Å². The van der Waals surface area contributed by atoms with Gasteiger partial charge in [0.25, 0.3) is 5.91 Å². The Balaban J connectivity index is 1.16. The second-order valence-corrected chi connectivity index (χ2v) is 10.5. The standard InChI is InChI=1S/C29H32N6O2/c1-29(2,3)22-8-7-21-18-25(33-24(21)19-22)27(37)32-23-9-5-20(6-10-23)17-26(36)34-13-15-35(16-14-34)28-30-11-4-12-31-28/h4-12,18-19,33H,13-17H2,1-3H3,(H,32,37). The van der Waals surface area contributed by atoms with Crippen LogP contribution in [0.25, 0.3) is 10.9 Å². The van der Waals surface area contributed by atoms with Gasteiger partial charge < -0.3 is 20.1 Å². The molecule has 2 N–H and O–H groups in total. The van der Waals surface area contributed by atoms with Crippen LogP contribution in [0.15, 0.2) is 67.0 Å². The molecule has 37 heavy (non-hydrogen) atoms. The first kappa shape index (κ1) is 24.5. The molecule has 0 aliphatic carbocycles. The molecule has 1 saturated heterocycles. The lowest BCUT2D eigenvalue weighted by atomic mass is 9.87. The predicted molar refractivity (Wildman–Crippen MR) is 146 cm³/mol. The van der Waals surface area contributed by atoms with E-state index in [0.29, 0.717) is 49.9 Å². The van der Waals surface area contributed by atoms with Gasteiger partial charge in [-0.25, -0.2) is 9.97 Å². The quantitative estimate of drug-likeness (QED) is 0.427. The lowest BCUT2D eigenvalue weighted by molar-refractivity contribution is -0.130. The van der Waals surface area contributed by atoms with Gasteiger partial charge in [0.15, 0.2) is 0 Å². The fourth-order valence-electron chi connectivity index (χ4n) is 4.52. The minimum Gasteiger partial charge on any atom is -0.351 e. The van der Waals surface area contributed by atoms with Gasteiger partial charge in [0.05, 0.1) is 6.42 Å². The van der Waals surface area contributed by atoms with Crippen molar-refractivity contribution in [1.82, 2.24) is 19.9 Å². The molecule has 2 amide bonds. The van der Waals surface area contributed by atoms with Gasteiger partial charge >= 0.3 is 0 Å². The van der Waals surface area contributed by atoms with Crippen LogP contribution in [0.1, 0.15) is 42.4 Å². The van der Waals surface area contributed by atoms with Gasteiger partial charge in [0.1, 0.15) is 5.69 Å². The molecule has 1 aliphatic rings. The fraction of sp³-hybridized carbons (Fsp3) is 0.310. The Bertz CT molecular complexity index is 1400. The normalized spacial score (nSPS) is 14.1. The number of amides is 2. The second-order valence-electron chi connectivity index (χ2n) is 10.5. The third-order valence-electron chi connectivity index (χ3n) is 6.77. The third kappa shape index (κ3) is 5.63. The van der Waals surface area contributed by atoms with E-state index in [1.165, 1.54) is 5.56 Å². The summed E-state index contributed by atoms with van der Waals surface area (Å²) in [6.45, 7) is 9.23. The molecule has 0 saturated carbocycles. The molecule has 2 aromatic heterocycles. The van der Waals surface area contributed by atoms with E-state index in [1.54, 1.807) is 18.5 Å². The lowest BCUT2D eigenvalue weighted by Crippen LogP contribution is -2.49. The molecule has 0 spiro atoms. The molecule has 0 bridgehead atoms. The number of rotatable bonds is 5. The van der Waals surface area contributed by atoms with Crippen molar-refractivity contribution in [2.45, 2.75) is 32.6 Å². The van der Waals surface area contributed by atoms with E-state index in [4.69, 9.17) is 0 Å². The number of carbonyl (C=O) groups is 2. The number of nitrogens with zero attached hydrogens (tertiary/aromatic N) is 4. The van der Waals surface area contributed by atoms with E-state index in [0.717, 1.165) is 16.5 Å². The molecule has 190 valence electrons. The molecule has 0 radical (unpaired) electrons. The Morgan fingerprint density at radius 2 is 1.65 bits per heavy atom. The zero-order valence-electron chi connectivity index (χ0n) is 21.5. The summed E-state index contributed by atoms with van der Waals surface area (Å²) < 4.78 is 0. The highest BCUT2D eigenvalue weighted by Gasteiger charge is 2.22. The van der Waals surface area contributed by atoms with Crippen LogP contribution in [-0.4, -0.2) is 57.8 Å². The maximum absolute atomic E-state index is 12.8. The van der Waals surface area contributed by atoms with Gasteiger partial charge in [0, 0.05) is 55.2 Å². The maximum Gasteiger partial charge on any atom is 0.272 e. The third-order valence-corrected chi connectivity index (χ3v) is 6.77. The highest BCUT2D eigenvalue weighted by molar-refractivity contribution is 6.06. The molecule has 8 nitrogen and oxygen atoms in total. The molecule has 3 heterocycles. The molecular formula is C29H32N6O2. The van der Waals surface area contributed by atoms with Crippen molar-refractivity contribution in [2.75, 3.05) is 36.4 Å². The zero-order chi connectivity index (χ0) is 26.0.